The van der Waals surface area contributed by atoms with Crippen LogP contribution in [0.2, 0.25) is 0 Å². The van der Waals surface area contributed by atoms with Crippen molar-refractivity contribution in [2.24, 2.45) is 0 Å². The molecule has 4 aromatic rings. The summed E-state index contributed by atoms with van der Waals surface area (Å²) in [7, 11) is 1.63. The summed E-state index contributed by atoms with van der Waals surface area (Å²) in [5, 5.41) is 1.17. The average Bonchev–Trinajstić information content (AvgIpc) is 2.96. The third kappa shape index (κ3) is 5.58. The monoisotopic (exact) mass is 479 g/mol. The number of amides is 1. The summed E-state index contributed by atoms with van der Waals surface area (Å²) >= 11 is 0. The third-order valence-corrected chi connectivity index (χ3v) is 6.90. The summed E-state index contributed by atoms with van der Waals surface area (Å²) in [5.41, 5.74) is 5.05. The van der Waals surface area contributed by atoms with Crippen molar-refractivity contribution in [2.75, 3.05) is 25.1 Å². The topological polar surface area (TPSA) is 45.7 Å². The van der Waals surface area contributed by atoms with Gasteiger partial charge in [-0.05, 0) is 66.9 Å². The number of pyridine rings is 1. The van der Waals surface area contributed by atoms with Crippen LogP contribution in [0.15, 0.2) is 85.1 Å². The molecule has 0 saturated heterocycles. The molecule has 0 unspecified atom stereocenters. The van der Waals surface area contributed by atoms with Gasteiger partial charge in [0.1, 0.15) is 5.75 Å². The maximum atomic E-state index is 13.7. The van der Waals surface area contributed by atoms with Crippen LogP contribution in [0.5, 0.6) is 5.75 Å². The van der Waals surface area contributed by atoms with E-state index in [1.807, 2.05) is 47.5 Å². The highest BCUT2D eigenvalue weighted by Crippen LogP contribution is 2.27. The van der Waals surface area contributed by atoms with Crippen LogP contribution in [0, 0.1) is 0 Å². The van der Waals surface area contributed by atoms with Crippen LogP contribution in [-0.4, -0.2) is 36.0 Å². The van der Waals surface area contributed by atoms with Gasteiger partial charge < -0.3 is 9.64 Å². The Labute approximate surface area is 213 Å². The highest BCUT2D eigenvalue weighted by atomic mass is 16.5. The Morgan fingerprint density at radius 2 is 1.69 bits per heavy atom. The molecule has 0 fully saturated rings. The summed E-state index contributed by atoms with van der Waals surface area (Å²) in [4.78, 5) is 22.9. The molecule has 3 aromatic carbocycles. The second-order valence-corrected chi connectivity index (χ2v) is 9.48. The van der Waals surface area contributed by atoms with E-state index in [1.54, 1.807) is 7.11 Å². The molecule has 184 valence electrons. The van der Waals surface area contributed by atoms with Gasteiger partial charge in [0.05, 0.1) is 12.6 Å². The van der Waals surface area contributed by atoms with Crippen LogP contribution in [0.3, 0.4) is 0 Å². The number of hydrogen-bond acceptors (Lipinski definition) is 4. The molecule has 5 nitrogen and oxygen atoms in total. The van der Waals surface area contributed by atoms with Gasteiger partial charge in [0, 0.05) is 42.5 Å². The minimum atomic E-state index is 0.0193. The summed E-state index contributed by atoms with van der Waals surface area (Å²) in [6.45, 7) is 3.34. The number of hydrogen-bond donors (Lipinski definition) is 0. The average molecular weight is 480 g/mol. The molecular weight excluding hydrogens is 446 g/mol. The minimum absolute atomic E-state index is 0.0193. The van der Waals surface area contributed by atoms with E-state index >= 15 is 0 Å². The number of fused-ring (bicyclic) bond motifs is 2. The first-order chi connectivity index (χ1) is 17.7. The van der Waals surface area contributed by atoms with Crippen molar-refractivity contribution in [3.8, 4) is 5.75 Å². The van der Waals surface area contributed by atoms with Crippen molar-refractivity contribution in [2.45, 2.75) is 38.8 Å². The van der Waals surface area contributed by atoms with Crippen LogP contribution in [-0.2, 0) is 13.1 Å². The fraction of sp³-hybridized carbons (Fsp3) is 0.290. The van der Waals surface area contributed by atoms with E-state index in [9.17, 15) is 4.79 Å². The molecule has 0 saturated carbocycles. The molecule has 0 spiro atoms. The maximum absolute atomic E-state index is 13.7. The van der Waals surface area contributed by atoms with Gasteiger partial charge in [0.25, 0.3) is 5.91 Å². The number of benzene rings is 3. The van der Waals surface area contributed by atoms with Gasteiger partial charge in [-0.1, -0.05) is 55.3 Å². The fourth-order valence-corrected chi connectivity index (χ4v) is 5.03. The van der Waals surface area contributed by atoms with Gasteiger partial charge in [-0.2, -0.15) is 0 Å². The minimum Gasteiger partial charge on any atom is -0.497 e. The number of methoxy groups -OCH3 is 1. The molecule has 0 aliphatic carbocycles. The lowest BCUT2D eigenvalue weighted by Gasteiger charge is -2.28. The lowest BCUT2D eigenvalue weighted by Crippen LogP contribution is -2.33. The number of carbonyl (C=O) groups is 1. The molecule has 1 amide bonds. The van der Waals surface area contributed by atoms with Crippen molar-refractivity contribution in [3.63, 3.8) is 0 Å². The Balaban J connectivity index is 1.44. The highest BCUT2D eigenvalue weighted by molar-refractivity contribution is 6.06. The van der Waals surface area contributed by atoms with Crippen LogP contribution in [0.4, 0.5) is 5.69 Å². The molecular formula is C31H33N3O2. The van der Waals surface area contributed by atoms with E-state index in [-0.39, 0.29) is 5.91 Å². The van der Waals surface area contributed by atoms with Crippen molar-refractivity contribution in [1.29, 1.82) is 0 Å². The zero-order valence-corrected chi connectivity index (χ0v) is 20.9. The van der Waals surface area contributed by atoms with E-state index in [1.165, 1.54) is 16.5 Å². The second kappa shape index (κ2) is 11.4. The van der Waals surface area contributed by atoms with E-state index in [0.717, 1.165) is 56.5 Å². The number of anilines is 1. The number of nitrogens with zero attached hydrogens (tertiary/aromatic N) is 3. The molecule has 0 N–H and O–H groups in total. The molecule has 36 heavy (non-hydrogen) atoms. The molecule has 0 atom stereocenters. The quantitative estimate of drug-likeness (QED) is 0.337. The van der Waals surface area contributed by atoms with Crippen LogP contribution in [0.1, 0.15) is 47.2 Å². The van der Waals surface area contributed by atoms with Crippen molar-refractivity contribution >= 4 is 22.5 Å². The Bertz CT molecular complexity index is 1340. The molecule has 2 heterocycles. The van der Waals surface area contributed by atoms with E-state index in [2.05, 4.69) is 52.3 Å². The number of rotatable bonds is 4. The van der Waals surface area contributed by atoms with Gasteiger partial charge in [0.15, 0.2) is 0 Å². The van der Waals surface area contributed by atoms with Crippen molar-refractivity contribution < 1.29 is 9.53 Å². The Morgan fingerprint density at radius 1 is 0.889 bits per heavy atom. The first kappa shape index (κ1) is 24.0. The normalized spacial score (nSPS) is 15.2. The van der Waals surface area contributed by atoms with Gasteiger partial charge >= 0.3 is 0 Å². The molecule has 1 aliphatic rings. The predicted molar refractivity (Wildman–Crippen MR) is 145 cm³/mol. The highest BCUT2D eigenvalue weighted by Gasteiger charge is 2.22. The van der Waals surface area contributed by atoms with E-state index < -0.39 is 0 Å². The molecule has 5 rings (SSSR count). The second-order valence-electron chi connectivity index (χ2n) is 9.48. The van der Waals surface area contributed by atoms with Crippen LogP contribution >= 0.6 is 0 Å². The Morgan fingerprint density at radius 3 is 2.58 bits per heavy atom. The number of para-hydroxylation sites is 2. The number of ether oxygens (including phenoxy) is 1. The standard InChI is InChI=1S/C31H33N3O2/c1-36-28-14-10-13-26(20-28)31(35)34-18-9-3-2-8-17-33(23-27-12-5-7-16-30(27)34)22-24-19-25-11-4-6-15-29(25)32-21-24/h4-7,10-16,19-21H,2-3,8-9,17-18,22-23H2,1H3. The zero-order valence-electron chi connectivity index (χ0n) is 20.9. The Hall–Kier alpha value is -3.70. The summed E-state index contributed by atoms with van der Waals surface area (Å²) in [6.07, 6.45) is 6.39. The fourth-order valence-electron chi connectivity index (χ4n) is 5.03. The van der Waals surface area contributed by atoms with Crippen LogP contribution in [0.25, 0.3) is 10.9 Å². The molecule has 1 aliphatic heterocycles. The first-order valence-corrected chi connectivity index (χ1v) is 12.8. The predicted octanol–water partition coefficient (Wildman–Crippen LogP) is 6.47. The van der Waals surface area contributed by atoms with Crippen molar-refractivity contribution in [1.82, 2.24) is 9.88 Å². The largest absolute Gasteiger partial charge is 0.497 e. The van der Waals surface area contributed by atoms with Gasteiger partial charge in [0.2, 0.25) is 0 Å². The Kier molecular flexibility index (Phi) is 7.58. The number of carbonyl (C=O) groups excluding carboxylic acids is 1. The lowest BCUT2D eigenvalue weighted by atomic mass is 10.1. The SMILES string of the molecule is COc1cccc(C(=O)N2CCCCCCN(Cc3cnc4ccccc4c3)Cc3ccccc32)c1. The van der Waals surface area contributed by atoms with Gasteiger partial charge in [-0.3, -0.25) is 14.7 Å². The summed E-state index contributed by atoms with van der Waals surface area (Å²) in [5.74, 6) is 0.716. The van der Waals surface area contributed by atoms with Crippen LogP contribution < -0.4 is 9.64 Å². The van der Waals surface area contributed by atoms with Crippen molar-refractivity contribution in [3.05, 3.63) is 102 Å². The molecule has 5 heteroatoms. The summed E-state index contributed by atoms with van der Waals surface area (Å²) < 4.78 is 5.37. The van der Waals surface area contributed by atoms with Gasteiger partial charge in [-0.25, -0.2) is 0 Å². The number of aromatic nitrogens is 1. The molecule has 0 radical (unpaired) electrons. The van der Waals surface area contributed by atoms with E-state index in [0.29, 0.717) is 17.9 Å². The lowest BCUT2D eigenvalue weighted by molar-refractivity contribution is 0.0986. The maximum Gasteiger partial charge on any atom is 0.258 e. The zero-order chi connectivity index (χ0) is 24.7. The smallest absolute Gasteiger partial charge is 0.258 e. The summed E-state index contributed by atoms with van der Waals surface area (Å²) in [6, 6.07) is 26.3. The first-order valence-electron chi connectivity index (χ1n) is 12.8. The third-order valence-electron chi connectivity index (χ3n) is 6.90. The van der Waals surface area contributed by atoms with Gasteiger partial charge in [-0.15, -0.1) is 0 Å². The van der Waals surface area contributed by atoms with E-state index in [4.69, 9.17) is 4.74 Å². The molecule has 0 bridgehead atoms. The molecule has 1 aromatic heterocycles.